The Kier molecular flexibility index (Phi) is 2.19. The maximum absolute atomic E-state index is 12.3. The highest BCUT2D eigenvalue weighted by Crippen LogP contribution is 2.59. The molecule has 0 N–H and O–H groups in total. The molecule has 2 fully saturated rings. The second-order valence-electron chi connectivity index (χ2n) is 6.09. The Balaban J connectivity index is 2.13. The summed E-state index contributed by atoms with van der Waals surface area (Å²) in [5, 5.41) is 0. The van der Waals surface area contributed by atoms with Gasteiger partial charge in [0.1, 0.15) is 6.10 Å². The van der Waals surface area contributed by atoms with Gasteiger partial charge in [0.25, 0.3) is 0 Å². The van der Waals surface area contributed by atoms with Crippen LogP contribution >= 0.6 is 0 Å². The number of Topliss-reactive ketones (excluding diaryl/α,β-unsaturated/α-hetero) is 1. The van der Waals surface area contributed by atoms with Gasteiger partial charge in [0, 0.05) is 16.9 Å². The fraction of sp³-hybridized carbons (Fsp3) is 0.667. The Hall–Kier alpha value is -0.890. The number of rotatable bonds is 1. The number of carbonyl (C=O) groups is 1. The molecule has 0 aromatic carbocycles. The van der Waals surface area contributed by atoms with Gasteiger partial charge in [-0.2, -0.15) is 0 Å². The van der Waals surface area contributed by atoms with Gasteiger partial charge in [-0.25, -0.2) is 0 Å². The summed E-state index contributed by atoms with van der Waals surface area (Å²) in [4.78, 5) is 12.3. The summed E-state index contributed by atoms with van der Waals surface area (Å²) in [6.07, 6.45) is 4.27. The van der Waals surface area contributed by atoms with E-state index in [9.17, 15) is 4.79 Å². The summed E-state index contributed by atoms with van der Waals surface area (Å²) in [5.41, 5.74) is 2.12. The van der Waals surface area contributed by atoms with Crippen LogP contribution in [-0.4, -0.2) is 18.0 Å². The topological polar surface area (TPSA) is 29.6 Å². The highest BCUT2D eigenvalue weighted by Gasteiger charge is 2.64. The lowest BCUT2D eigenvalue weighted by Crippen LogP contribution is -2.48. The quantitative estimate of drug-likeness (QED) is 0.514. The predicted octanol–water partition coefficient (Wildman–Crippen LogP) is 2.89. The van der Waals surface area contributed by atoms with E-state index in [2.05, 4.69) is 33.4 Å². The van der Waals surface area contributed by atoms with Crippen LogP contribution in [-0.2, 0) is 9.53 Å². The highest BCUT2D eigenvalue weighted by atomic mass is 16.6. The highest BCUT2D eigenvalue weighted by molar-refractivity contribution is 6.03. The average molecular weight is 232 g/mol. The molecule has 0 amide bonds. The zero-order valence-corrected chi connectivity index (χ0v) is 10.8. The number of ether oxygens (including phenoxy) is 1. The first-order valence-corrected chi connectivity index (χ1v) is 6.53. The second kappa shape index (κ2) is 3.32. The van der Waals surface area contributed by atoms with Crippen molar-refractivity contribution in [1.29, 1.82) is 0 Å². The third-order valence-electron chi connectivity index (χ3n) is 5.11. The number of hydrogen-bond acceptors (Lipinski definition) is 2. The van der Waals surface area contributed by atoms with E-state index in [-0.39, 0.29) is 23.4 Å². The van der Waals surface area contributed by atoms with Crippen molar-refractivity contribution in [3.05, 3.63) is 23.8 Å². The first kappa shape index (κ1) is 11.2. The Morgan fingerprint density at radius 3 is 2.94 bits per heavy atom. The SMILES string of the molecule is C=C(C)C1C2OC2C(=O)C2=CCCC(C)C21C. The van der Waals surface area contributed by atoms with Crippen LogP contribution in [0.2, 0.25) is 0 Å². The lowest BCUT2D eigenvalue weighted by Gasteiger charge is -2.48. The molecular weight excluding hydrogens is 212 g/mol. The Bertz CT molecular complexity index is 434. The maximum atomic E-state index is 12.3. The first-order chi connectivity index (χ1) is 7.98. The molecule has 17 heavy (non-hydrogen) atoms. The molecule has 0 spiro atoms. The van der Waals surface area contributed by atoms with Crippen LogP contribution in [0.5, 0.6) is 0 Å². The molecule has 1 aliphatic heterocycles. The van der Waals surface area contributed by atoms with Gasteiger partial charge in [-0.15, -0.1) is 0 Å². The molecule has 0 radical (unpaired) electrons. The van der Waals surface area contributed by atoms with E-state index >= 15 is 0 Å². The van der Waals surface area contributed by atoms with Crippen molar-refractivity contribution < 1.29 is 9.53 Å². The summed E-state index contributed by atoms with van der Waals surface area (Å²) in [5.74, 6) is 1.08. The number of fused-ring (bicyclic) bond motifs is 2. The number of allylic oxidation sites excluding steroid dienone is 1. The van der Waals surface area contributed by atoms with Crippen LogP contribution in [0.15, 0.2) is 23.8 Å². The predicted molar refractivity (Wildman–Crippen MR) is 66.6 cm³/mol. The Morgan fingerprint density at radius 2 is 2.29 bits per heavy atom. The van der Waals surface area contributed by atoms with Crippen molar-refractivity contribution in [3.8, 4) is 0 Å². The Morgan fingerprint density at radius 1 is 1.59 bits per heavy atom. The molecule has 92 valence electrons. The number of epoxide rings is 1. The van der Waals surface area contributed by atoms with Crippen molar-refractivity contribution in [3.63, 3.8) is 0 Å². The minimum atomic E-state index is -0.165. The molecule has 0 aromatic rings. The normalized spacial score (nSPS) is 47.9. The average Bonchev–Trinajstić information content (AvgIpc) is 3.00. The minimum absolute atomic E-state index is 0.0567. The van der Waals surface area contributed by atoms with E-state index in [1.165, 1.54) is 0 Å². The smallest absolute Gasteiger partial charge is 0.190 e. The number of carbonyl (C=O) groups excluding carboxylic acids is 1. The molecule has 0 aromatic heterocycles. The zero-order valence-electron chi connectivity index (χ0n) is 10.8. The van der Waals surface area contributed by atoms with E-state index in [0.29, 0.717) is 11.8 Å². The molecule has 2 heteroatoms. The third-order valence-corrected chi connectivity index (χ3v) is 5.11. The first-order valence-electron chi connectivity index (χ1n) is 6.53. The van der Waals surface area contributed by atoms with Crippen molar-refractivity contribution in [2.24, 2.45) is 17.3 Å². The Labute approximate surface area is 103 Å². The van der Waals surface area contributed by atoms with E-state index in [4.69, 9.17) is 4.74 Å². The fourth-order valence-electron chi connectivity index (χ4n) is 3.98. The summed E-state index contributed by atoms with van der Waals surface area (Å²) >= 11 is 0. The van der Waals surface area contributed by atoms with Crippen LogP contribution in [0.25, 0.3) is 0 Å². The van der Waals surface area contributed by atoms with Crippen molar-refractivity contribution in [2.45, 2.75) is 45.8 Å². The van der Waals surface area contributed by atoms with Crippen LogP contribution in [0, 0.1) is 17.3 Å². The summed E-state index contributed by atoms with van der Waals surface area (Å²) in [7, 11) is 0. The second-order valence-corrected chi connectivity index (χ2v) is 6.09. The van der Waals surface area contributed by atoms with E-state index in [1.54, 1.807) is 0 Å². The molecule has 5 atom stereocenters. The molecule has 1 saturated heterocycles. The molecule has 3 rings (SSSR count). The van der Waals surface area contributed by atoms with Crippen molar-refractivity contribution >= 4 is 5.78 Å². The van der Waals surface area contributed by atoms with Crippen molar-refractivity contribution in [2.75, 3.05) is 0 Å². The third kappa shape index (κ3) is 1.28. The number of hydrogen-bond donors (Lipinski definition) is 0. The van der Waals surface area contributed by atoms with E-state index < -0.39 is 0 Å². The molecule has 2 nitrogen and oxygen atoms in total. The van der Waals surface area contributed by atoms with Gasteiger partial charge < -0.3 is 4.74 Å². The van der Waals surface area contributed by atoms with Gasteiger partial charge in [0.15, 0.2) is 5.78 Å². The standard InChI is InChI=1S/C15H20O2/c1-8(2)11-13-14(17-13)12(16)10-7-5-6-9(3)15(10,11)4/h7,9,11,13-14H,1,5-6H2,2-4H3. The summed E-state index contributed by atoms with van der Waals surface area (Å²) in [6, 6.07) is 0. The van der Waals surface area contributed by atoms with Crippen LogP contribution in [0.3, 0.4) is 0 Å². The molecule has 5 unspecified atom stereocenters. The monoisotopic (exact) mass is 232 g/mol. The molecule has 2 aliphatic carbocycles. The molecular formula is C15H20O2. The van der Waals surface area contributed by atoms with E-state index in [0.717, 1.165) is 24.0 Å². The van der Waals surface area contributed by atoms with Gasteiger partial charge in [-0.1, -0.05) is 32.1 Å². The van der Waals surface area contributed by atoms with Crippen molar-refractivity contribution in [1.82, 2.24) is 0 Å². The molecule has 1 saturated carbocycles. The fourth-order valence-corrected chi connectivity index (χ4v) is 3.98. The van der Waals surface area contributed by atoms with Gasteiger partial charge in [0.2, 0.25) is 0 Å². The molecule has 0 bridgehead atoms. The van der Waals surface area contributed by atoms with Gasteiger partial charge in [-0.05, 0) is 25.7 Å². The molecule has 3 aliphatic rings. The largest absolute Gasteiger partial charge is 0.360 e. The zero-order chi connectivity index (χ0) is 12.4. The lowest BCUT2D eigenvalue weighted by atomic mass is 9.54. The lowest BCUT2D eigenvalue weighted by molar-refractivity contribution is -0.119. The molecule has 1 heterocycles. The van der Waals surface area contributed by atoms with Crippen LogP contribution in [0.4, 0.5) is 0 Å². The summed E-state index contributed by atoms with van der Waals surface area (Å²) < 4.78 is 5.62. The van der Waals surface area contributed by atoms with E-state index in [1.807, 2.05) is 0 Å². The van der Waals surface area contributed by atoms with Crippen LogP contribution < -0.4 is 0 Å². The van der Waals surface area contributed by atoms with Gasteiger partial charge >= 0.3 is 0 Å². The summed E-state index contributed by atoms with van der Waals surface area (Å²) in [6.45, 7) is 10.7. The minimum Gasteiger partial charge on any atom is -0.360 e. The van der Waals surface area contributed by atoms with Gasteiger partial charge in [0.05, 0.1) is 6.10 Å². The maximum Gasteiger partial charge on any atom is 0.190 e. The van der Waals surface area contributed by atoms with Gasteiger partial charge in [-0.3, -0.25) is 4.79 Å². The number of ketones is 1. The van der Waals surface area contributed by atoms with Crippen LogP contribution in [0.1, 0.15) is 33.6 Å².